The third kappa shape index (κ3) is 3.83. The van der Waals surface area contributed by atoms with Gasteiger partial charge in [0.2, 0.25) is 0 Å². The second-order valence-corrected chi connectivity index (χ2v) is 6.20. The SMILES string of the molecule is Cc1ccccc1OCC(=O)NN=Cc1c[nH]c2ccc(Br)cc12. The summed E-state index contributed by atoms with van der Waals surface area (Å²) >= 11 is 3.45. The number of fused-ring (bicyclic) bond motifs is 1. The number of aryl methyl sites for hydroxylation is 1. The number of para-hydroxylation sites is 1. The van der Waals surface area contributed by atoms with Crippen molar-refractivity contribution < 1.29 is 9.53 Å². The zero-order valence-corrected chi connectivity index (χ0v) is 14.6. The van der Waals surface area contributed by atoms with Crippen molar-refractivity contribution in [2.75, 3.05) is 6.61 Å². The molecule has 0 aliphatic rings. The van der Waals surface area contributed by atoms with E-state index in [-0.39, 0.29) is 12.5 Å². The lowest BCUT2D eigenvalue weighted by Crippen LogP contribution is -2.24. The summed E-state index contributed by atoms with van der Waals surface area (Å²) < 4.78 is 6.46. The Labute approximate surface area is 147 Å². The van der Waals surface area contributed by atoms with Crippen molar-refractivity contribution in [3.63, 3.8) is 0 Å². The van der Waals surface area contributed by atoms with Crippen molar-refractivity contribution in [3.05, 3.63) is 64.3 Å². The van der Waals surface area contributed by atoms with Crippen molar-refractivity contribution in [2.45, 2.75) is 6.92 Å². The van der Waals surface area contributed by atoms with Crippen LogP contribution >= 0.6 is 15.9 Å². The molecule has 0 aliphatic carbocycles. The van der Waals surface area contributed by atoms with Crippen LogP contribution in [0.2, 0.25) is 0 Å². The third-order valence-electron chi connectivity index (χ3n) is 3.52. The first-order valence-electron chi connectivity index (χ1n) is 7.40. The highest BCUT2D eigenvalue weighted by atomic mass is 79.9. The van der Waals surface area contributed by atoms with Crippen LogP contribution in [-0.2, 0) is 4.79 Å². The molecule has 2 N–H and O–H groups in total. The maximum atomic E-state index is 11.8. The first kappa shape index (κ1) is 16.3. The van der Waals surface area contributed by atoms with Crippen LogP contribution in [0.3, 0.4) is 0 Å². The van der Waals surface area contributed by atoms with Gasteiger partial charge in [-0.25, -0.2) is 5.43 Å². The lowest BCUT2D eigenvalue weighted by atomic mass is 10.2. The van der Waals surface area contributed by atoms with Crippen LogP contribution in [0.1, 0.15) is 11.1 Å². The highest BCUT2D eigenvalue weighted by molar-refractivity contribution is 9.10. The van der Waals surface area contributed by atoms with Gasteiger partial charge in [-0.3, -0.25) is 4.79 Å². The molecule has 0 radical (unpaired) electrons. The van der Waals surface area contributed by atoms with Gasteiger partial charge in [0, 0.05) is 27.1 Å². The van der Waals surface area contributed by atoms with Gasteiger partial charge >= 0.3 is 0 Å². The minimum absolute atomic E-state index is 0.0817. The summed E-state index contributed by atoms with van der Waals surface area (Å²) in [5.74, 6) is 0.383. The van der Waals surface area contributed by atoms with Gasteiger partial charge < -0.3 is 9.72 Å². The average molecular weight is 386 g/mol. The quantitative estimate of drug-likeness (QED) is 0.518. The van der Waals surface area contributed by atoms with Gasteiger partial charge in [0.15, 0.2) is 6.61 Å². The van der Waals surface area contributed by atoms with E-state index in [0.717, 1.165) is 26.5 Å². The molecule has 6 heteroatoms. The second-order valence-electron chi connectivity index (χ2n) is 5.28. The molecule has 0 fully saturated rings. The fourth-order valence-electron chi connectivity index (χ4n) is 2.29. The summed E-state index contributed by atoms with van der Waals surface area (Å²) in [5, 5.41) is 5.01. The molecule has 1 heterocycles. The lowest BCUT2D eigenvalue weighted by molar-refractivity contribution is -0.123. The normalized spacial score (nSPS) is 11.1. The van der Waals surface area contributed by atoms with Gasteiger partial charge in [-0.2, -0.15) is 5.10 Å². The highest BCUT2D eigenvalue weighted by Crippen LogP contribution is 2.21. The second kappa shape index (κ2) is 7.31. The summed E-state index contributed by atoms with van der Waals surface area (Å²) in [7, 11) is 0. The Bertz CT molecular complexity index is 902. The zero-order chi connectivity index (χ0) is 16.9. The Morgan fingerprint density at radius 2 is 2.17 bits per heavy atom. The van der Waals surface area contributed by atoms with Gasteiger partial charge in [0.05, 0.1) is 6.21 Å². The number of rotatable bonds is 5. The minimum atomic E-state index is -0.310. The number of carbonyl (C=O) groups is 1. The summed E-state index contributed by atoms with van der Waals surface area (Å²) in [4.78, 5) is 15.0. The van der Waals surface area contributed by atoms with Crippen molar-refractivity contribution in [2.24, 2.45) is 5.10 Å². The van der Waals surface area contributed by atoms with E-state index in [1.54, 1.807) is 6.21 Å². The predicted molar refractivity (Wildman–Crippen MR) is 98.4 cm³/mol. The molecular weight excluding hydrogens is 370 g/mol. The van der Waals surface area contributed by atoms with E-state index < -0.39 is 0 Å². The number of ether oxygens (including phenoxy) is 1. The summed E-state index contributed by atoms with van der Waals surface area (Å²) in [5.41, 5.74) is 5.36. The smallest absolute Gasteiger partial charge is 0.277 e. The Hall–Kier alpha value is -2.60. The van der Waals surface area contributed by atoms with E-state index in [1.165, 1.54) is 0 Å². The standard InChI is InChI=1S/C18H16BrN3O2/c1-12-4-2-3-5-17(12)24-11-18(23)22-21-10-13-9-20-16-7-6-14(19)8-15(13)16/h2-10,20H,11H2,1H3,(H,22,23). The van der Waals surface area contributed by atoms with Crippen LogP contribution in [0.4, 0.5) is 0 Å². The van der Waals surface area contributed by atoms with Crippen LogP contribution in [0.15, 0.2) is 58.2 Å². The summed E-state index contributed by atoms with van der Waals surface area (Å²) in [6, 6.07) is 13.5. The number of benzene rings is 2. The van der Waals surface area contributed by atoms with Crippen LogP contribution in [0, 0.1) is 6.92 Å². The number of carbonyl (C=O) groups excluding carboxylic acids is 1. The van der Waals surface area contributed by atoms with Gasteiger partial charge in [-0.1, -0.05) is 34.1 Å². The minimum Gasteiger partial charge on any atom is -0.483 e. The van der Waals surface area contributed by atoms with Gasteiger partial charge in [0.1, 0.15) is 5.75 Å². The average Bonchev–Trinajstić information content (AvgIpc) is 2.96. The first-order valence-corrected chi connectivity index (χ1v) is 8.20. The number of halogens is 1. The summed E-state index contributed by atoms with van der Waals surface area (Å²) in [6.07, 6.45) is 3.45. The Kier molecular flexibility index (Phi) is 4.96. The molecule has 5 nitrogen and oxygen atoms in total. The predicted octanol–water partition coefficient (Wildman–Crippen LogP) is 3.77. The van der Waals surface area contributed by atoms with Crippen molar-refractivity contribution in [1.82, 2.24) is 10.4 Å². The Morgan fingerprint density at radius 3 is 3.00 bits per heavy atom. The zero-order valence-electron chi connectivity index (χ0n) is 13.0. The molecule has 3 rings (SSSR count). The molecule has 2 aromatic carbocycles. The fourth-order valence-corrected chi connectivity index (χ4v) is 2.65. The monoisotopic (exact) mass is 385 g/mol. The number of aromatic amines is 1. The number of H-pyrrole nitrogens is 1. The molecule has 0 saturated carbocycles. The number of aromatic nitrogens is 1. The molecule has 0 aliphatic heterocycles. The third-order valence-corrected chi connectivity index (χ3v) is 4.01. The Balaban J connectivity index is 1.58. The number of nitrogens with zero attached hydrogens (tertiary/aromatic N) is 1. The van der Waals surface area contributed by atoms with Gasteiger partial charge in [-0.05, 0) is 36.8 Å². The van der Waals surface area contributed by atoms with Crippen molar-refractivity contribution in [3.8, 4) is 5.75 Å². The topological polar surface area (TPSA) is 66.5 Å². The molecule has 0 saturated heterocycles. The van der Waals surface area contributed by atoms with Gasteiger partial charge in [-0.15, -0.1) is 0 Å². The molecule has 1 amide bonds. The van der Waals surface area contributed by atoms with Crippen LogP contribution in [0.25, 0.3) is 10.9 Å². The fraction of sp³-hybridized carbons (Fsp3) is 0.111. The maximum Gasteiger partial charge on any atom is 0.277 e. The van der Waals surface area contributed by atoms with E-state index in [2.05, 4.69) is 31.4 Å². The maximum absolute atomic E-state index is 11.8. The van der Waals surface area contributed by atoms with E-state index in [9.17, 15) is 4.79 Å². The number of nitrogens with one attached hydrogen (secondary N) is 2. The number of amides is 1. The molecule has 3 aromatic rings. The largest absolute Gasteiger partial charge is 0.483 e. The molecular formula is C18H16BrN3O2. The molecule has 0 spiro atoms. The first-order chi connectivity index (χ1) is 11.6. The summed E-state index contributed by atoms with van der Waals surface area (Å²) in [6.45, 7) is 1.85. The highest BCUT2D eigenvalue weighted by Gasteiger charge is 2.04. The van der Waals surface area contributed by atoms with Crippen molar-refractivity contribution >= 4 is 39.0 Å². The number of hydrogen-bond donors (Lipinski definition) is 2. The molecule has 122 valence electrons. The number of hydrazone groups is 1. The molecule has 0 bridgehead atoms. The molecule has 0 atom stereocenters. The van der Waals surface area contributed by atoms with Crippen LogP contribution in [-0.4, -0.2) is 23.7 Å². The van der Waals surface area contributed by atoms with Gasteiger partial charge in [0.25, 0.3) is 5.91 Å². The molecule has 0 unspecified atom stereocenters. The van der Waals surface area contributed by atoms with Crippen molar-refractivity contribution in [1.29, 1.82) is 0 Å². The van der Waals surface area contributed by atoms with E-state index >= 15 is 0 Å². The number of hydrogen-bond acceptors (Lipinski definition) is 3. The molecule has 1 aromatic heterocycles. The Morgan fingerprint density at radius 1 is 1.33 bits per heavy atom. The van der Waals surface area contributed by atoms with E-state index in [1.807, 2.05) is 55.6 Å². The van der Waals surface area contributed by atoms with E-state index in [4.69, 9.17) is 4.74 Å². The van der Waals surface area contributed by atoms with E-state index in [0.29, 0.717) is 5.75 Å². The molecule has 24 heavy (non-hydrogen) atoms. The lowest BCUT2D eigenvalue weighted by Gasteiger charge is -2.07. The van der Waals surface area contributed by atoms with Crippen LogP contribution in [0.5, 0.6) is 5.75 Å². The van der Waals surface area contributed by atoms with Crippen LogP contribution < -0.4 is 10.2 Å².